The molecule has 2 aliphatic heterocycles. The number of nitrogens with one attached hydrogen (secondary N) is 2. The molecule has 150 valence electrons. The van der Waals surface area contributed by atoms with E-state index in [0.717, 1.165) is 42.7 Å². The predicted molar refractivity (Wildman–Crippen MR) is 106 cm³/mol. The number of ether oxygens (including phenoxy) is 3. The number of guanidine groups is 1. The molecule has 0 aromatic heterocycles. The molecule has 0 bridgehead atoms. The quantitative estimate of drug-likeness (QED) is 0.605. The van der Waals surface area contributed by atoms with E-state index < -0.39 is 0 Å². The Hall–Kier alpha value is -1.99. The fourth-order valence-electron chi connectivity index (χ4n) is 3.54. The Kier molecular flexibility index (Phi) is 6.11. The highest BCUT2D eigenvalue weighted by Gasteiger charge is 2.33. The van der Waals surface area contributed by atoms with Gasteiger partial charge in [0.2, 0.25) is 6.79 Å². The molecule has 27 heavy (non-hydrogen) atoms. The van der Waals surface area contributed by atoms with Gasteiger partial charge in [0.05, 0.1) is 12.2 Å². The predicted octanol–water partition coefficient (Wildman–Crippen LogP) is 1.97. The average Bonchev–Trinajstić information content (AvgIpc) is 3.09. The summed E-state index contributed by atoms with van der Waals surface area (Å²) in [4.78, 5) is 6.84. The lowest BCUT2D eigenvalue weighted by molar-refractivity contribution is -0.0946. The maximum atomic E-state index is 5.86. The van der Waals surface area contributed by atoms with Crippen molar-refractivity contribution in [2.24, 2.45) is 4.99 Å². The van der Waals surface area contributed by atoms with E-state index in [1.807, 2.05) is 18.2 Å². The molecule has 7 heteroatoms. The van der Waals surface area contributed by atoms with E-state index in [2.05, 4.69) is 48.2 Å². The van der Waals surface area contributed by atoms with Gasteiger partial charge in [-0.15, -0.1) is 0 Å². The Bertz CT molecular complexity index is 667. The van der Waals surface area contributed by atoms with E-state index in [-0.39, 0.29) is 17.7 Å². The van der Waals surface area contributed by atoms with Crippen LogP contribution in [-0.4, -0.2) is 62.1 Å². The maximum absolute atomic E-state index is 5.86. The van der Waals surface area contributed by atoms with Gasteiger partial charge in [0.1, 0.15) is 0 Å². The summed E-state index contributed by atoms with van der Waals surface area (Å²) in [5, 5.41) is 6.83. The molecule has 2 unspecified atom stereocenters. The van der Waals surface area contributed by atoms with Gasteiger partial charge < -0.3 is 24.8 Å². The van der Waals surface area contributed by atoms with Crippen molar-refractivity contribution in [2.75, 3.05) is 33.5 Å². The van der Waals surface area contributed by atoms with Crippen molar-refractivity contribution in [3.63, 3.8) is 0 Å². The summed E-state index contributed by atoms with van der Waals surface area (Å²) in [6.07, 6.45) is 0.521. The number of aliphatic imine (C=N–C) groups is 1. The highest BCUT2D eigenvalue weighted by atomic mass is 16.7. The van der Waals surface area contributed by atoms with Gasteiger partial charge >= 0.3 is 0 Å². The summed E-state index contributed by atoms with van der Waals surface area (Å²) in [5.74, 6) is 2.39. The van der Waals surface area contributed by atoms with Crippen LogP contribution in [-0.2, 0) is 11.3 Å². The van der Waals surface area contributed by atoms with E-state index in [1.165, 1.54) is 0 Å². The molecular formula is C20H32N4O3. The van der Waals surface area contributed by atoms with Gasteiger partial charge in [0.25, 0.3) is 0 Å². The summed E-state index contributed by atoms with van der Waals surface area (Å²) >= 11 is 0. The van der Waals surface area contributed by atoms with Gasteiger partial charge in [-0.3, -0.25) is 9.89 Å². The molecule has 2 N–H and O–H groups in total. The monoisotopic (exact) mass is 376 g/mol. The van der Waals surface area contributed by atoms with Crippen molar-refractivity contribution in [1.29, 1.82) is 0 Å². The average molecular weight is 377 g/mol. The van der Waals surface area contributed by atoms with Crippen LogP contribution in [0.2, 0.25) is 0 Å². The first-order valence-electron chi connectivity index (χ1n) is 9.61. The van der Waals surface area contributed by atoms with Crippen molar-refractivity contribution in [2.45, 2.75) is 52.0 Å². The zero-order valence-electron chi connectivity index (χ0n) is 17.0. The molecule has 0 saturated carbocycles. The second-order valence-electron chi connectivity index (χ2n) is 7.94. The first-order valence-corrected chi connectivity index (χ1v) is 9.61. The van der Waals surface area contributed by atoms with Gasteiger partial charge in [-0.05, 0) is 45.4 Å². The highest BCUT2D eigenvalue weighted by molar-refractivity contribution is 5.79. The normalized spacial score (nSPS) is 23.4. The van der Waals surface area contributed by atoms with E-state index in [9.17, 15) is 0 Å². The van der Waals surface area contributed by atoms with E-state index in [1.54, 1.807) is 7.05 Å². The lowest BCUT2D eigenvalue weighted by atomic mass is 10.00. The van der Waals surface area contributed by atoms with Crippen molar-refractivity contribution < 1.29 is 14.2 Å². The van der Waals surface area contributed by atoms with Crippen molar-refractivity contribution in [1.82, 2.24) is 15.5 Å². The standard InChI is InChI=1S/C20H32N4O3/c1-14-10-24(11-15(2)27-14)20(3,4)12-23-19(21-5)22-9-16-6-7-17-18(8-16)26-13-25-17/h6-8,14-15H,9-13H2,1-5H3,(H2,21,22,23). The maximum Gasteiger partial charge on any atom is 0.231 e. The Morgan fingerprint density at radius 3 is 2.56 bits per heavy atom. The number of nitrogens with zero attached hydrogens (tertiary/aromatic N) is 2. The zero-order valence-corrected chi connectivity index (χ0v) is 17.0. The van der Waals surface area contributed by atoms with Crippen LogP contribution in [0.15, 0.2) is 23.2 Å². The third-order valence-electron chi connectivity index (χ3n) is 5.08. The third kappa shape index (κ3) is 5.05. The number of hydrogen-bond acceptors (Lipinski definition) is 5. The summed E-state index contributed by atoms with van der Waals surface area (Å²) in [7, 11) is 1.79. The van der Waals surface area contributed by atoms with E-state index >= 15 is 0 Å². The second-order valence-corrected chi connectivity index (χ2v) is 7.94. The van der Waals surface area contributed by atoms with Gasteiger partial charge in [-0.1, -0.05) is 6.07 Å². The molecule has 2 heterocycles. The highest BCUT2D eigenvalue weighted by Crippen LogP contribution is 2.32. The smallest absolute Gasteiger partial charge is 0.231 e. The largest absolute Gasteiger partial charge is 0.454 e. The van der Waals surface area contributed by atoms with E-state index in [4.69, 9.17) is 14.2 Å². The van der Waals surface area contributed by atoms with Gasteiger partial charge in [-0.2, -0.15) is 0 Å². The molecule has 3 rings (SSSR count). The third-order valence-corrected chi connectivity index (χ3v) is 5.08. The Labute approximate surface area is 162 Å². The molecule has 2 aliphatic rings. The minimum absolute atomic E-state index is 0.00265. The molecule has 0 spiro atoms. The van der Waals surface area contributed by atoms with Crippen LogP contribution in [0.25, 0.3) is 0 Å². The summed E-state index contributed by atoms with van der Waals surface area (Å²) in [5.41, 5.74) is 1.13. The number of benzene rings is 1. The summed E-state index contributed by atoms with van der Waals surface area (Å²) in [6, 6.07) is 5.98. The Morgan fingerprint density at radius 2 is 1.85 bits per heavy atom. The van der Waals surface area contributed by atoms with Crippen LogP contribution in [0.3, 0.4) is 0 Å². The summed E-state index contributed by atoms with van der Waals surface area (Å²) in [6.45, 7) is 12.4. The number of fused-ring (bicyclic) bond motifs is 1. The molecule has 1 fully saturated rings. The van der Waals surface area contributed by atoms with Crippen LogP contribution in [0.1, 0.15) is 33.3 Å². The molecule has 0 aliphatic carbocycles. The molecule has 1 aromatic rings. The van der Waals surface area contributed by atoms with Crippen molar-refractivity contribution in [3.8, 4) is 11.5 Å². The molecule has 0 radical (unpaired) electrons. The fraction of sp³-hybridized carbons (Fsp3) is 0.650. The minimum atomic E-state index is 0.00265. The van der Waals surface area contributed by atoms with Crippen LogP contribution < -0.4 is 20.1 Å². The molecule has 1 aromatic carbocycles. The molecule has 2 atom stereocenters. The van der Waals surface area contributed by atoms with Crippen LogP contribution >= 0.6 is 0 Å². The second kappa shape index (κ2) is 8.35. The van der Waals surface area contributed by atoms with Gasteiger partial charge in [0.15, 0.2) is 17.5 Å². The minimum Gasteiger partial charge on any atom is -0.454 e. The topological polar surface area (TPSA) is 67.4 Å². The Morgan fingerprint density at radius 1 is 1.15 bits per heavy atom. The Balaban J connectivity index is 1.51. The summed E-state index contributed by atoms with van der Waals surface area (Å²) < 4.78 is 16.7. The lowest BCUT2D eigenvalue weighted by Crippen LogP contribution is -2.59. The SMILES string of the molecule is CN=C(NCc1ccc2c(c1)OCO2)NCC(C)(C)N1CC(C)OC(C)C1. The number of morpholine rings is 1. The van der Waals surface area contributed by atoms with Crippen molar-refractivity contribution in [3.05, 3.63) is 23.8 Å². The van der Waals surface area contributed by atoms with Gasteiger partial charge in [-0.25, -0.2) is 0 Å². The first kappa shape index (κ1) is 19.8. The fourth-order valence-corrected chi connectivity index (χ4v) is 3.54. The van der Waals surface area contributed by atoms with Crippen LogP contribution in [0.5, 0.6) is 11.5 Å². The molecule has 0 amide bonds. The molecule has 7 nitrogen and oxygen atoms in total. The van der Waals surface area contributed by atoms with Gasteiger partial charge in [0, 0.05) is 38.8 Å². The first-order chi connectivity index (χ1) is 12.9. The van der Waals surface area contributed by atoms with Crippen LogP contribution in [0, 0.1) is 0 Å². The number of hydrogen-bond donors (Lipinski definition) is 2. The van der Waals surface area contributed by atoms with Crippen molar-refractivity contribution >= 4 is 5.96 Å². The molecular weight excluding hydrogens is 344 g/mol. The van der Waals surface area contributed by atoms with Crippen LogP contribution in [0.4, 0.5) is 0 Å². The zero-order chi connectivity index (χ0) is 19.4. The molecule has 1 saturated heterocycles. The van der Waals surface area contributed by atoms with E-state index in [0.29, 0.717) is 13.3 Å². The lowest BCUT2D eigenvalue weighted by Gasteiger charge is -2.45. The number of rotatable bonds is 5.